The van der Waals surface area contributed by atoms with Crippen molar-refractivity contribution in [2.45, 2.75) is 18.8 Å². The molecule has 0 atom stereocenters. The van der Waals surface area contributed by atoms with Crippen LogP contribution in [0.2, 0.25) is 0 Å². The van der Waals surface area contributed by atoms with Gasteiger partial charge in [-0.3, -0.25) is 4.98 Å². The minimum absolute atomic E-state index is 0.666. The number of hydrogen-bond donors (Lipinski definition) is 1. The molecule has 3 nitrogen and oxygen atoms in total. The van der Waals surface area contributed by atoms with E-state index in [1.165, 1.54) is 18.5 Å². The minimum atomic E-state index is 0.666. The fourth-order valence-corrected chi connectivity index (χ4v) is 2.32. The van der Waals surface area contributed by atoms with Gasteiger partial charge >= 0.3 is 0 Å². The highest BCUT2D eigenvalue weighted by Crippen LogP contribution is 2.39. The van der Waals surface area contributed by atoms with Crippen molar-refractivity contribution in [3.05, 3.63) is 28.1 Å². The summed E-state index contributed by atoms with van der Waals surface area (Å²) in [4.78, 5) is 12.7. The van der Waals surface area contributed by atoms with Gasteiger partial charge in [0.05, 0.1) is 10.4 Å². The Morgan fingerprint density at radius 3 is 3.00 bits per heavy atom. The summed E-state index contributed by atoms with van der Waals surface area (Å²) in [6.07, 6.45) is 4.34. The Bertz CT molecular complexity index is 526. The zero-order valence-corrected chi connectivity index (χ0v) is 9.57. The van der Waals surface area contributed by atoms with Crippen molar-refractivity contribution in [3.8, 4) is 10.7 Å². The van der Waals surface area contributed by atoms with E-state index in [1.807, 2.05) is 12.3 Å². The van der Waals surface area contributed by atoms with E-state index in [2.05, 4.69) is 15.0 Å². The third-order valence-corrected chi connectivity index (χ3v) is 3.44. The van der Waals surface area contributed by atoms with Gasteiger partial charge in [-0.25, -0.2) is 4.98 Å². The van der Waals surface area contributed by atoms with Gasteiger partial charge in [-0.05, 0) is 24.8 Å². The van der Waals surface area contributed by atoms with E-state index in [4.69, 9.17) is 12.2 Å². The highest BCUT2D eigenvalue weighted by Gasteiger charge is 2.24. The summed E-state index contributed by atoms with van der Waals surface area (Å²) in [6.45, 7) is 0. The first kappa shape index (κ1) is 9.18. The number of nitrogens with zero attached hydrogens (tertiary/aromatic N) is 2. The largest absolute Gasteiger partial charge is 0.342 e. The third kappa shape index (κ3) is 1.85. The molecule has 2 aromatic rings. The van der Waals surface area contributed by atoms with Crippen LogP contribution in [0.25, 0.3) is 10.7 Å². The van der Waals surface area contributed by atoms with E-state index in [0.717, 1.165) is 10.7 Å². The summed E-state index contributed by atoms with van der Waals surface area (Å²) in [6, 6.07) is 1.97. The van der Waals surface area contributed by atoms with Crippen LogP contribution in [0.15, 0.2) is 17.8 Å². The average Bonchev–Trinajstić information content (AvgIpc) is 2.93. The summed E-state index contributed by atoms with van der Waals surface area (Å²) in [5, 5.41) is 0. The minimum Gasteiger partial charge on any atom is -0.342 e. The van der Waals surface area contributed by atoms with Crippen LogP contribution in [0.5, 0.6) is 0 Å². The van der Waals surface area contributed by atoms with Crippen LogP contribution in [-0.2, 0) is 0 Å². The Labute approximate surface area is 96.2 Å². The lowest BCUT2D eigenvalue weighted by molar-refractivity contribution is 0.990. The van der Waals surface area contributed by atoms with Gasteiger partial charge < -0.3 is 4.98 Å². The zero-order chi connectivity index (χ0) is 10.3. The smallest absolute Gasteiger partial charge is 0.150 e. The maximum Gasteiger partial charge on any atom is 0.150 e. The molecule has 1 aliphatic carbocycles. The van der Waals surface area contributed by atoms with Gasteiger partial charge in [0, 0.05) is 11.9 Å². The molecular weight excluding hydrogens is 226 g/mol. The van der Waals surface area contributed by atoms with Gasteiger partial charge in [0.15, 0.2) is 5.82 Å². The molecule has 0 unspecified atom stereocenters. The Morgan fingerprint density at radius 2 is 2.33 bits per heavy atom. The second-order valence-corrected chi connectivity index (χ2v) is 4.97. The predicted molar refractivity (Wildman–Crippen MR) is 62.5 cm³/mol. The first-order valence-corrected chi connectivity index (χ1v) is 6.12. The first-order valence-electron chi connectivity index (χ1n) is 4.83. The Balaban J connectivity index is 2.11. The number of thiazole rings is 1. The van der Waals surface area contributed by atoms with Crippen molar-refractivity contribution in [3.63, 3.8) is 0 Å². The first-order chi connectivity index (χ1) is 7.33. The molecule has 2 heterocycles. The van der Waals surface area contributed by atoms with Gasteiger partial charge in [0.1, 0.15) is 4.64 Å². The quantitative estimate of drug-likeness (QED) is 0.813. The molecule has 0 aliphatic heterocycles. The van der Waals surface area contributed by atoms with Gasteiger partial charge in [-0.2, -0.15) is 0 Å². The van der Waals surface area contributed by atoms with Crippen molar-refractivity contribution < 1.29 is 0 Å². The van der Waals surface area contributed by atoms with Crippen molar-refractivity contribution >= 4 is 23.6 Å². The van der Waals surface area contributed by atoms with Gasteiger partial charge in [-0.15, -0.1) is 11.3 Å². The number of rotatable bonds is 2. The standard InChI is InChI=1S/C10H9N3S2/c14-9-3-7(6-1-2-6)12-10(13-9)8-4-11-5-15-8/h3-6H,1-2H2,(H,12,13,14). The molecule has 1 saturated carbocycles. The van der Waals surface area contributed by atoms with Gasteiger partial charge in [-0.1, -0.05) is 12.2 Å². The molecule has 0 saturated heterocycles. The van der Waals surface area contributed by atoms with E-state index >= 15 is 0 Å². The van der Waals surface area contributed by atoms with Crippen LogP contribution in [0.4, 0.5) is 0 Å². The molecule has 0 amide bonds. The van der Waals surface area contributed by atoms with Crippen LogP contribution in [0.3, 0.4) is 0 Å². The molecule has 15 heavy (non-hydrogen) atoms. The van der Waals surface area contributed by atoms with E-state index in [9.17, 15) is 0 Å². The summed E-state index contributed by atoms with van der Waals surface area (Å²) in [5.41, 5.74) is 3.02. The molecule has 0 radical (unpaired) electrons. The van der Waals surface area contributed by atoms with Crippen molar-refractivity contribution in [1.29, 1.82) is 0 Å². The topological polar surface area (TPSA) is 41.6 Å². The summed E-state index contributed by atoms with van der Waals surface area (Å²) < 4.78 is 0.666. The Hall–Kier alpha value is -1.07. The van der Waals surface area contributed by atoms with E-state index in [0.29, 0.717) is 10.6 Å². The van der Waals surface area contributed by atoms with Gasteiger partial charge in [0.25, 0.3) is 0 Å². The number of H-pyrrole nitrogens is 1. The lowest BCUT2D eigenvalue weighted by Gasteiger charge is -2.01. The normalized spacial score (nSPS) is 15.5. The fourth-order valence-electron chi connectivity index (χ4n) is 1.54. The molecule has 5 heteroatoms. The second-order valence-electron chi connectivity index (χ2n) is 3.66. The average molecular weight is 235 g/mol. The van der Waals surface area contributed by atoms with Crippen LogP contribution >= 0.6 is 23.6 Å². The SMILES string of the molecule is S=c1cc(C2CC2)[nH]c(-c2cncs2)n1. The van der Waals surface area contributed by atoms with Crippen molar-refractivity contribution in [2.75, 3.05) is 0 Å². The summed E-state index contributed by atoms with van der Waals surface area (Å²) in [5.74, 6) is 1.52. The van der Waals surface area contributed by atoms with Crippen LogP contribution < -0.4 is 0 Å². The molecular formula is C10H9N3S2. The molecule has 3 rings (SSSR count). The number of aromatic amines is 1. The number of aromatic nitrogens is 3. The highest BCUT2D eigenvalue weighted by atomic mass is 32.1. The molecule has 0 bridgehead atoms. The second kappa shape index (κ2) is 3.50. The third-order valence-electron chi connectivity index (χ3n) is 2.45. The van der Waals surface area contributed by atoms with Crippen LogP contribution in [-0.4, -0.2) is 15.0 Å². The number of nitrogens with one attached hydrogen (secondary N) is 1. The Morgan fingerprint density at radius 1 is 1.47 bits per heavy atom. The molecule has 2 aromatic heterocycles. The van der Waals surface area contributed by atoms with Crippen molar-refractivity contribution in [2.24, 2.45) is 0 Å². The lowest BCUT2D eigenvalue weighted by Crippen LogP contribution is -1.93. The summed E-state index contributed by atoms with van der Waals surface area (Å²) >= 11 is 6.74. The molecule has 0 spiro atoms. The molecule has 1 N–H and O–H groups in total. The highest BCUT2D eigenvalue weighted by molar-refractivity contribution is 7.71. The summed E-state index contributed by atoms with van der Waals surface area (Å²) in [7, 11) is 0. The number of hydrogen-bond acceptors (Lipinski definition) is 4. The lowest BCUT2D eigenvalue weighted by atomic mass is 10.3. The van der Waals surface area contributed by atoms with Crippen LogP contribution in [0, 0.1) is 4.64 Å². The van der Waals surface area contributed by atoms with Crippen molar-refractivity contribution in [1.82, 2.24) is 15.0 Å². The molecule has 1 aliphatic rings. The predicted octanol–water partition coefficient (Wildman–Crippen LogP) is 3.14. The maximum absolute atomic E-state index is 5.16. The zero-order valence-electron chi connectivity index (χ0n) is 7.93. The monoisotopic (exact) mass is 235 g/mol. The maximum atomic E-state index is 5.16. The molecule has 76 valence electrons. The van der Waals surface area contributed by atoms with E-state index < -0.39 is 0 Å². The molecule has 0 aromatic carbocycles. The molecule has 1 fully saturated rings. The van der Waals surface area contributed by atoms with E-state index in [-0.39, 0.29) is 0 Å². The van der Waals surface area contributed by atoms with Gasteiger partial charge in [0.2, 0.25) is 0 Å². The van der Waals surface area contributed by atoms with Crippen LogP contribution in [0.1, 0.15) is 24.5 Å². The van der Waals surface area contributed by atoms with E-state index in [1.54, 1.807) is 16.8 Å². The Kier molecular flexibility index (Phi) is 2.14. The fraction of sp³-hybridized carbons (Fsp3) is 0.300.